The highest BCUT2D eigenvalue weighted by molar-refractivity contribution is 6.32. The van der Waals surface area contributed by atoms with Gasteiger partial charge < -0.3 is 5.32 Å². The number of nitrogens with one attached hydrogen (secondary N) is 1. The maximum Gasteiger partial charge on any atom is 0.0832 e. The van der Waals surface area contributed by atoms with E-state index in [4.69, 9.17) is 11.6 Å². The lowest BCUT2D eigenvalue weighted by molar-refractivity contribution is 0.726. The van der Waals surface area contributed by atoms with Gasteiger partial charge in [-0.3, -0.25) is 0 Å². The molecule has 0 saturated heterocycles. The lowest BCUT2D eigenvalue weighted by Gasteiger charge is -2.08. The monoisotopic (exact) mass is 277 g/mol. The van der Waals surface area contributed by atoms with Crippen LogP contribution in [-0.4, -0.2) is 16.3 Å². The van der Waals surface area contributed by atoms with Gasteiger partial charge in [0, 0.05) is 12.7 Å². The Morgan fingerprint density at radius 2 is 2.11 bits per heavy atom. The summed E-state index contributed by atoms with van der Waals surface area (Å²) in [5.41, 5.74) is 3.19. The minimum Gasteiger partial charge on any atom is -0.313 e. The fourth-order valence-electron chi connectivity index (χ4n) is 1.90. The van der Waals surface area contributed by atoms with E-state index in [1.165, 1.54) is 5.56 Å². The van der Waals surface area contributed by atoms with Crippen LogP contribution in [0.4, 0.5) is 0 Å². The van der Waals surface area contributed by atoms with E-state index < -0.39 is 0 Å². The molecule has 0 bridgehead atoms. The number of halogens is 1. The van der Waals surface area contributed by atoms with Crippen molar-refractivity contribution in [1.82, 2.24) is 15.1 Å². The molecule has 0 fully saturated rings. The number of benzene rings is 1. The van der Waals surface area contributed by atoms with Crippen LogP contribution in [0.5, 0.6) is 0 Å². The lowest BCUT2D eigenvalue weighted by atomic mass is 10.1. The molecule has 3 nitrogen and oxygen atoms in total. The van der Waals surface area contributed by atoms with Crippen molar-refractivity contribution in [3.8, 4) is 5.69 Å². The van der Waals surface area contributed by atoms with Gasteiger partial charge in [0.2, 0.25) is 0 Å². The molecule has 0 amide bonds. The first-order chi connectivity index (χ1) is 9.11. The second-order valence-electron chi connectivity index (χ2n) is 4.91. The van der Waals surface area contributed by atoms with Crippen LogP contribution >= 0.6 is 11.6 Å². The SMILES string of the molecule is CCNCc1ccc(-n2ccc(C(C)C)n2)c(Cl)c1. The van der Waals surface area contributed by atoms with Crippen LogP contribution in [-0.2, 0) is 6.54 Å². The molecule has 1 heterocycles. The fraction of sp³-hybridized carbons (Fsp3) is 0.400. The number of rotatable bonds is 5. The van der Waals surface area contributed by atoms with Crippen molar-refractivity contribution >= 4 is 11.6 Å². The zero-order valence-corrected chi connectivity index (χ0v) is 12.4. The molecule has 0 spiro atoms. The quantitative estimate of drug-likeness (QED) is 0.902. The fourth-order valence-corrected chi connectivity index (χ4v) is 2.19. The molecule has 0 radical (unpaired) electrons. The Morgan fingerprint density at radius 1 is 1.32 bits per heavy atom. The van der Waals surface area contributed by atoms with Crippen molar-refractivity contribution in [2.75, 3.05) is 6.54 Å². The van der Waals surface area contributed by atoms with Gasteiger partial charge in [0.25, 0.3) is 0 Å². The smallest absolute Gasteiger partial charge is 0.0832 e. The molecule has 0 unspecified atom stereocenters. The van der Waals surface area contributed by atoms with E-state index in [2.05, 4.69) is 37.3 Å². The highest BCUT2D eigenvalue weighted by Gasteiger charge is 2.08. The van der Waals surface area contributed by atoms with E-state index in [1.54, 1.807) is 0 Å². The molecular formula is C15H20ClN3. The zero-order chi connectivity index (χ0) is 13.8. The maximum absolute atomic E-state index is 6.34. The van der Waals surface area contributed by atoms with Crippen LogP contribution in [0.15, 0.2) is 30.5 Å². The summed E-state index contributed by atoms with van der Waals surface area (Å²) >= 11 is 6.34. The van der Waals surface area contributed by atoms with Gasteiger partial charge in [0.05, 0.1) is 16.4 Å². The predicted octanol–water partition coefficient (Wildman–Crippen LogP) is 3.76. The summed E-state index contributed by atoms with van der Waals surface area (Å²) in [6.45, 7) is 8.15. The third-order valence-electron chi connectivity index (χ3n) is 3.04. The minimum absolute atomic E-state index is 0.424. The third-order valence-corrected chi connectivity index (χ3v) is 3.34. The Hall–Kier alpha value is -1.32. The molecule has 0 atom stereocenters. The van der Waals surface area contributed by atoms with Crippen LogP contribution in [0.2, 0.25) is 5.02 Å². The van der Waals surface area contributed by atoms with Crippen molar-refractivity contribution in [2.45, 2.75) is 33.2 Å². The van der Waals surface area contributed by atoms with Gasteiger partial charge in [-0.25, -0.2) is 4.68 Å². The van der Waals surface area contributed by atoms with Gasteiger partial charge in [-0.15, -0.1) is 0 Å². The van der Waals surface area contributed by atoms with Crippen molar-refractivity contribution in [3.63, 3.8) is 0 Å². The number of nitrogens with zero attached hydrogens (tertiary/aromatic N) is 2. The van der Waals surface area contributed by atoms with Gasteiger partial charge in [-0.2, -0.15) is 5.10 Å². The lowest BCUT2D eigenvalue weighted by Crippen LogP contribution is -2.11. The van der Waals surface area contributed by atoms with Crippen LogP contribution in [0, 0.1) is 0 Å². The van der Waals surface area contributed by atoms with E-state index in [-0.39, 0.29) is 0 Å². The Kier molecular flexibility index (Phi) is 4.61. The van der Waals surface area contributed by atoms with Gasteiger partial charge in [0.15, 0.2) is 0 Å². The van der Waals surface area contributed by atoms with E-state index in [9.17, 15) is 0 Å². The highest BCUT2D eigenvalue weighted by Crippen LogP contribution is 2.22. The van der Waals surface area contributed by atoms with E-state index in [1.807, 2.05) is 29.1 Å². The molecule has 0 aliphatic heterocycles. The molecule has 1 aromatic carbocycles. The third kappa shape index (κ3) is 3.37. The minimum atomic E-state index is 0.424. The van der Waals surface area contributed by atoms with Crippen molar-refractivity contribution in [3.05, 3.63) is 46.7 Å². The first-order valence-corrected chi connectivity index (χ1v) is 7.04. The molecule has 1 aromatic heterocycles. The van der Waals surface area contributed by atoms with Gasteiger partial charge in [0.1, 0.15) is 0 Å². The second-order valence-corrected chi connectivity index (χ2v) is 5.31. The zero-order valence-electron chi connectivity index (χ0n) is 11.7. The van der Waals surface area contributed by atoms with E-state index in [0.29, 0.717) is 5.92 Å². The van der Waals surface area contributed by atoms with E-state index >= 15 is 0 Å². The summed E-state index contributed by atoms with van der Waals surface area (Å²) in [5, 5.41) is 8.57. The van der Waals surface area contributed by atoms with Gasteiger partial charge >= 0.3 is 0 Å². The molecule has 0 saturated carbocycles. The van der Waals surface area contributed by atoms with Crippen LogP contribution in [0.3, 0.4) is 0 Å². The average Bonchev–Trinajstić information content (AvgIpc) is 2.86. The number of hydrogen-bond acceptors (Lipinski definition) is 2. The summed E-state index contributed by atoms with van der Waals surface area (Å²) in [6.07, 6.45) is 1.96. The molecule has 2 aromatic rings. The van der Waals surface area contributed by atoms with Crippen LogP contribution < -0.4 is 5.32 Å². The summed E-state index contributed by atoms with van der Waals surface area (Å²) in [6, 6.07) is 8.14. The first-order valence-electron chi connectivity index (χ1n) is 6.67. The maximum atomic E-state index is 6.34. The van der Waals surface area contributed by atoms with Crippen LogP contribution in [0.1, 0.15) is 37.9 Å². The molecule has 19 heavy (non-hydrogen) atoms. The average molecular weight is 278 g/mol. The normalized spacial score (nSPS) is 11.2. The van der Waals surface area contributed by atoms with Crippen molar-refractivity contribution < 1.29 is 0 Å². The van der Waals surface area contributed by atoms with Gasteiger partial charge in [-0.05, 0) is 36.2 Å². The summed E-state index contributed by atoms with van der Waals surface area (Å²) in [5.74, 6) is 0.424. The van der Waals surface area contributed by atoms with E-state index in [0.717, 1.165) is 29.5 Å². The molecule has 2 rings (SSSR count). The Balaban J connectivity index is 2.24. The Morgan fingerprint density at radius 3 is 2.68 bits per heavy atom. The van der Waals surface area contributed by atoms with Crippen molar-refractivity contribution in [2.24, 2.45) is 0 Å². The molecule has 102 valence electrons. The van der Waals surface area contributed by atoms with Crippen molar-refractivity contribution in [1.29, 1.82) is 0 Å². The highest BCUT2D eigenvalue weighted by atomic mass is 35.5. The Bertz CT molecular complexity index is 546. The standard InChI is InChI=1S/C15H20ClN3/c1-4-17-10-12-5-6-15(13(16)9-12)19-8-7-14(18-19)11(2)3/h5-9,11,17H,4,10H2,1-3H3. The number of aromatic nitrogens is 2. The first kappa shape index (κ1) is 14.1. The predicted molar refractivity (Wildman–Crippen MR) is 80.0 cm³/mol. The molecular weight excluding hydrogens is 258 g/mol. The van der Waals surface area contributed by atoms with Crippen LogP contribution in [0.25, 0.3) is 5.69 Å². The molecule has 4 heteroatoms. The second kappa shape index (κ2) is 6.22. The molecule has 0 aliphatic rings. The summed E-state index contributed by atoms with van der Waals surface area (Å²) in [7, 11) is 0. The molecule has 0 aliphatic carbocycles. The Labute approximate surface area is 119 Å². The van der Waals surface area contributed by atoms with Gasteiger partial charge in [-0.1, -0.05) is 38.4 Å². The topological polar surface area (TPSA) is 29.9 Å². The molecule has 1 N–H and O–H groups in total. The summed E-state index contributed by atoms with van der Waals surface area (Å²) < 4.78 is 1.84. The summed E-state index contributed by atoms with van der Waals surface area (Å²) in [4.78, 5) is 0. The number of hydrogen-bond donors (Lipinski definition) is 1. The largest absolute Gasteiger partial charge is 0.313 e.